The number of carbonyl (C=O) groups excluding carboxylic acids is 1. The normalized spacial score (nSPS) is 29.0. The first-order valence-electron chi connectivity index (χ1n) is 6.65. The molecule has 0 spiro atoms. The van der Waals surface area contributed by atoms with Crippen molar-refractivity contribution in [2.75, 3.05) is 6.61 Å². The zero-order chi connectivity index (χ0) is 15.8. The quantitative estimate of drug-likeness (QED) is 0.625. The molecule has 0 saturated carbocycles. The van der Waals surface area contributed by atoms with Gasteiger partial charge >= 0.3 is 5.69 Å². The average molecular weight is 298 g/mol. The highest BCUT2D eigenvalue weighted by atomic mass is 16.6. The molecular formula is C13H18N2O6. The lowest BCUT2D eigenvalue weighted by Crippen LogP contribution is -2.51. The number of H-pyrrole nitrogens is 1. The molecule has 1 aliphatic rings. The number of ketones is 1. The van der Waals surface area contributed by atoms with Gasteiger partial charge in [0.2, 0.25) is 5.72 Å². The Balaban J connectivity index is 2.60. The van der Waals surface area contributed by atoms with Crippen molar-refractivity contribution in [1.29, 1.82) is 0 Å². The number of aromatic amines is 1. The van der Waals surface area contributed by atoms with Gasteiger partial charge in [0, 0.05) is 24.6 Å². The minimum Gasteiger partial charge on any atom is -0.394 e. The van der Waals surface area contributed by atoms with Crippen molar-refractivity contribution in [3.63, 3.8) is 0 Å². The molecule has 0 radical (unpaired) electrons. The molecule has 0 aromatic carbocycles. The summed E-state index contributed by atoms with van der Waals surface area (Å²) in [5.74, 6) is -0.875. The predicted molar refractivity (Wildman–Crippen MR) is 71.7 cm³/mol. The van der Waals surface area contributed by atoms with Crippen LogP contribution in [-0.4, -0.2) is 44.4 Å². The molecule has 0 unspecified atom stereocenters. The lowest BCUT2D eigenvalue weighted by Gasteiger charge is -2.30. The van der Waals surface area contributed by atoms with E-state index in [0.29, 0.717) is 0 Å². The summed E-state index contributed by atoms with van der Waals surface area (Å²) in [6, 6.07) is 1.10. The standard InChI is InChI=1S/C13H18N2O6/c1-7(2)11(19)13(5-8(17)9(6-16)21-13)15-4-3-10(18)14-12(15)20/h3-4,7-9,16-17H,5-6H2,1-2H3,(H,14,18,20)/t8-,9+,13-/m0/s1. The summed E-state index contributed by atoms with van der Waals surface area (Å²) in [5.41, 5.74) is -3.12. The maximum absolute atomic E-state index is 12.5. The number of rotatable bonds is 4. The van der Waals surface area contributed by atoms with E-state index in [2.05, 4.69) is 4.98 Å². The number of aliphatic hydroxyl groups is 2. The summed E-state index contributed by atoms with van der Waals surface area (Å²) in [6.07, 6.45) is -1.06. The van der Waals surface area contributed by atoms with E-state index >= 15 is 0 Å². The summed E-state index contributed by atoms with van der Waals surface area (Å²) in [5, 5.41) is 19.1. The SMILES string of the molecule is CC(C)C(=O)[C@]1(n2ccc(=O)[nH]c2=O)C[C@H](O)[C@@H](CO)O1. The van der Waals surface area contributed by atoms with E-state index in [0.717, 1.165) is 16.8 Å². The molecule has 3 N–H and O–H groups in total. The van der Waals surface area contributed by atoms with Gasteiger partial charge in [-0.3, -0.25) is 19.1 Å². The van der Waals surface area contributed by atoms with Gasteiger partial charge in [0.1, 0.15) is 6.10 Å². The molecule has 1 fully saturated rings. The van der Waals surface area contributed by atoms with Crippen molar-refractivity contribution in [2.45, 2.75) is 38.2 Å². The molecule has 8 heteroatoms. The Morgan fingerprint density at radius 3 is 2.71 bits per heavy atom. The summed E-state index contributed by atoms with van der Waals surface area (Å²) in [6.45, 7) is 2.80. The molecule has 8 nitrogen and oxygen atoms in total. The number of ether oxygens (including phenoxy) is 1. The van der Waals surface area contributed by atoms with E-state index in [1.165, 1.54) is 0 Å². The second kappa shape index (κ2) is 5.55. The van der Waals surface area contributed by atoms with Crippen LogP contribution >= 0.6 is 0 Å². The molecule has 1 aromatic rings. The molecule has 0 bridgehead atoms. The maximum Gasteiger partial charge on any atom is 0.331 e. The maximum atomic E-state index is 12.5. The first kappa shape index (κ1) is 15.6. The first-order chi connectivity index (χ1) is 9.81. The number of aliphatic hydroxyl groups excluding tert-OH is 2. The van der Waals surface area contributed by atoms with Crippen LogP contribution in [0.15, 0.2) is 21.9 Å². The van der Waals surface area contributed by atoms with Crippen molar-refractivity contribution in [3.8, 4) is 0 Å². The Bertz CT molecular complexity index is 649. The van der Waals surface area contributed by atoms with Crippen LogP contribution in [0.4, 0.5) is 0 Å². The van der Waals surface area contributed by atoms with Crippen LogP contribution in [0.3, 0.4) is 0 Å². The Morgan fingerprint density at radius 1 is 1.57 bits per heavy atom. The third-order valence-corrected chi connectivity index (χ3v) is 3.56. The topological polar surface area (TPSA) is 122 Å². The van der Waals surface area contributed by atoms with Gasteiger partial charge in [0.15, 0.2) is 5.78 Å². The fourth-order valence-corrected chi connectivity index (χ4v) is 2.54. The molecule has 0 amide bonds. The highest BCUT2D eigenvalue weighted by Gasteiger charge is 2.53. The monoisotopic (exact) mass is 298 g/mol. The number of hydrogen-bond donors (Lipinski definition) is 3. The second-order valence-electron chi connectivity index (χ2n) is 5.39. The largest absolute Gasteiger partial charge is 0.394 e. The molecule has 2 heterocycles. The highest BCUT2D eigenvalue weighted by molar-refractivity contribution is 5.87. The van der Waals surface area contributed by atoms with Crippen LogP contribution in [-0.2, 0) is 15.3 Å². The van der Waals surface area contributed by atoms with Crippen LogP contribution in [0.5, 0.6) is 0 Å². The van der Waals surface area contributed by atoms with Crippen molar-refractivity contribution < 1.29 is 19.7 Å². The minimum atomic E-state index is -1.72. The second-order valence-corrected chi connectivity index (χ2v) is 5.39. The molecule has 1 aliphatic heterocycles. The van der Waals surface area contributed by atoms with Gasteiger partial charge in [-0.15, -0.1) is 0 Å². The van der Waals surface area contributed by atoms with Crippen LogP contribution in [0.25, 0.3) is 0 Å². The lowest BCUT2D eigenvalue weighted by molar-refractivity contribution is -0.165. The average Bonchev–Trinajstić information content (AvgIpc) is 2.75. The number of nitrogens with one attached hydrogen (secondary N) is 1. The van der Waals surface area contributed by atoms with Gasteiger partial charge in [-0.25, -0.2) is 4.79 Å². The van der Waals surface area contributed by atoms with Gasteiger partial charge in [0.25, 0.3) is 5.56 Å². The zero-order valence-corrected chi connectivity index (χ0v) is 11.8. The van der Waals surface area contributed by atoms with E-state index in [9.17, 15) is 24.6 Å². The van der Waals surface area contributed by atoms with Crippen LogP contribution in [0, 0.1) is 5.92 Å². The van der Waals surface area contributed by atoms with E-state index in [1.54, 1.807) is 13.8 Å². The van der Waals surface area contributed by atoms with Gasteiger partial charge in [-0.2, -0.15) is 0 Å². The summed E-state index contributed by atoms with van der Waals surface area (Å²) >= 11 is 0. The smallest absolute Gasteiger partial charge is 0.331 e. The Hall–Kier alpha value is -1.77. The van der Waals surface area contributed by atoms with Crippen molar-refractivity contribution in [3.05, 3.63) is 33.1 Å². The van der Waals surface area contributed by atoms with E-state index in [4.69, 9.17) is 4.74 Å². The molecular weight excluding hydrogens is 280 g/mol. The molecule has 1 aromatic heterocycles. The highest BCUT2D eigenvalue weighted by Crippen LogP contribution is 2.36. The van der Waals surface area contributed by atoms with E-state index in [-0.39, 0.29) is 6.42 Å². The Morgan fingerprint density at radius 2 is 2.24 bits per heavy atom. The third kappa shape index (κ3) is 2.57. The fourth-order valence-electron chi connectivity index (χ4n) is 2.54. The van der Waals surface area contributed by atoms with Gasteiger partial charge < -0.3 is 14.9 Å². The molecule has 2 rings (SSSR count). The summed E-state index contributed by atoms with van der Waals surface area (Å²) < 4.78 is 6.50. The lowest BCUT2D eigenvalue weighted by atomic mass is 9.94. The van der Waals surface area contributed by atoms with Crippen LogP contribution in [0.1, 0.15) is 20.3 Å². The van der Waals surface area contributed by atoms with Crippen LogP contribution < -0.4 is 11.2 Å². The summed E-state index contributed by atoms with van der Waals surface area (Å²) in [4.78, 5) is 37.8. The minimum absolute atomic E-state index is 0.165. The van der Waals surface area contributed by atoms with Crippen LogP contribution in [0.2, 0.25) is 0 Å². The predicted octanol–water partition coefficient (Wildman–Crippen LogP) is -1.44. The van der Waals surface area contributed by atoms with Crippen molar-refractivity contribution >= 4 is 5.78 Å². The van der Waals surface area contributed by atoms with Crippen molar-refractivity contribution in [1.82, 2.24) is 9.55 Å². The number of nitrogens with zero attached hydrogens (tertiary/aromatic N) is 1. The molecule has 3 atom stereocenters. The van der Waals surface area contributed by atoms with E-state index in [1.807, 2.05) is 0 Å². The summed E-state index contributed by atoms with van der Waals surface area (Å²) in [7, 11) is 0. The van der Waals surface area contributed by atoms with Gasteiger partial charge in [-0.05, 0) is 0 Å². The fraction of sp³-hybridized carbons (Fsp3) is 0.615. The Labute approximate surface area is 120 Å². The first-order valence-corrected chi connectivity index (χ1v) is 6.65. The molecule has 0 aliphatic carbocycles. The zero-order valence-electron chi connectivity index (χ0n) is 11.8. The number of carbonyl (C=O) groups is 1. The third-order valence-electron chi connectivity index (χ3n) is 3.56. The van der Waals surface area contributed by atoms with Gasteiger partial charge in [-0.1, -0.05) is 13.8 Å². The van der Waals surface area contributed by atoms with E-state index < -0.39 is 47.5 Å². The molecule has 21 heavy (non-hydrogen) atoms. The van der Waals surface area contributed by atoms with Gasteiger partial charge in [0.05, 0.1) is 12.7 Å². The Kier molecular flexibility index (Phi) is 4.13. The number of Topliss-reactive ketones (excluding diaryl/α,β-unsaturated/α-hetero) is 1. The van der Waals surface area contributed by atoms with Crippen molar-refractivity contribution in [2.24, 2.45) is 5.92 Å². The number of aromatic nitrogens is 2. The molecule has 116 valence electrons. The number of hydrogen-bond acceptors (Lipinski definition) is 6. The molecule has 1 saturated heterocycles.